The summed E-state index contributed by atoms with van der Waals surface area (Å²) in [7, 11) is 0. The molecule has 0 aromatic carbocycles. The zero-order chi connectivity index (χ0) is 16.3. The number of ketones is 1. The van der Waals surface area contributed by atoms with E-state index in [4.69, 9.17) is 4.74 Å². The van der Waals surface area contributed by atoms with Gasteiger partial charge in [0.1, 0.15) is 6.61 Å². The first-order valence-electron chi connectivity index (χ1n) is 7.45. The van der Waals surface area contributed by atoms with E-state index in [1.54, 1.807) is 0 Å². The number of carbonyl (C=O) groups is 2. The van der Waals surface area contributed by atoms with Crippen LogP contribution in [0.3, 0.4) is 0 Å². The third-order valence-electron chi connectivity index (χ3n) is 3.06. The predicted octanol–water partition coefficient (Wildman–Crippen LogP) is 4.54. The highest BCUT2D eigenvalue weighted by Crippen LogP contribution is 2.11. The molecule has 3 heteroatoms. The number of esters is 1. The van der Waals surface area contributed by atoms with E-state index in [2.05, 4.69) is 32.9 Å². The summed E-state index contributed by atoms with van der Waals surface area (Å²) in [5.41, 5.74) is 3.93. The van der Waals surface area contributed by atoms with E-state index in [0.717, 1.165) is 25.7 Å². The smallest absolute Gasteiger partial charge is 0.374 e. The Morgan fingerprint density at radius 1 is 0.810 bits per heavy atom. The van der Waals surface area contributed by atoms with Crippen molar-refractivity contribution in [1.29, 1.82) is 0 Å². The zero-order valence-corrected chi connectivity index (χ0v) is 14.0. The van der Waals surface area contributed by atoms with Crippen LogP contribution in [-0.4, -0.2) is 18.4 Å². The molecular formula is C18H28O3. The van der Waals surface area contributed by atoms with Crippen LogP contribution < -0.4 is 0 Å². The Balaban J connectivity index is 3.96. The Bertz CT molecular complexity index is 435. The summed E-state index contributed by atoms with van der Waals surface area (Å²) in [4.78, 5) is 21.6. The number of hydrogen-bond donors (Lipinski definition) is 0. The minimum absolute atomic E-state index is 0.174. The molecule has 0 heterocycles. The largest absolute Gasteiger partial charge is 0.456 e. The van der Waals surface area contributed by atoms with Crippen molar-refractivity contribution in [2.24, 2.45) is 0 Å². The molecule has 0 N–H and O–H groups in total. The summed E-state index contributed by atoms with van der Waals surface area (Å²) in [6.07, 6.45) is 10.5. The van der Waals surface area contributed by atoms with Crippen LogP contribution in [0.4, 0.5) is 0 Å². The van der Waals surface area contributed by atoms with Gasteiger partial charge in [-0.2, -0.15) is 0 Å². The number of hydrogen-bond acceptors (Lipinski definition) is 3. The van der Waals surface area contributed by atoms with E-state index in [-0.39, 0.29) is 6.61 Å². The number of Topliss-reactive ketones (excluding diaryl/α,β-unsaturated/α-hetero) is 1. The van der Waals surface area contributed by atoms with Gasteiger partial charge in [0.15, 0.2) is 0 Å². The van der Waals surface area contributed by atoms with Gasteiger partial charge in [-0.25, -0.2) is 4.79 Å². The molecule has 0 atom stereocenters. The van der Waals surface area contributed by atoms with Crippen molar-refractivity contribution in [3.8, 4) is 0 Å². The van der Waals surface area contributed by atoms with Crippen molar-refractivity contribution < 1.29 is 14.3 Å². The molecule has 0 fully saturated rings. The first kappa shape index (κ1) is 19.4. The fourth-order valence-corrected chi connectivity index (χ4v) is 1.70. The van der Waals surface area contributed by atoms with Crippen LogP contribution in [0.5, 0.6) is 0 Å². The number of allylic oxidation sites excluding steroid dienone is 5. The number of ether oxygens (including phenoxy) is 1. The standard InChI is InChI=1S/C18H28O3/c1-14(2)8-6-9-15(3)10-7-11-16(4)12-13-21-18(20)17(5)19/h8,10,12H,6-7,9,11,13H2,1-5H3. The van der Waals surface area contributed by atoms with Crippen LogP contribution >= 0.6 is 0 Å². The highest BCUT2D eigenvalue weighted by molar-refractivity contribution is 6.32. The lowest BCUT2D eigenvalue weighted by Crippen LogP contribution is -2.13. The van der Waals surface area contributed by atoms with Gasteiger partial charge in [-0.3, -0.25) is 4.79 Å². The fraction of sp³-hybridized carbons (Fsp3) is 0.556. The fourth-order valence-electron chi connectivity index (χ4n) is 1.70. The summed E-state index contributed by atoms with van der Waals surface area (Å²) in [6, 6.07) is 0. The van der Waals surface area contributed by atoms with E-state index in [1.807, 2.05) is 13.0 Å². The molecular weight excluding hydrogens is 264 g/mol. The van der Waals surface area contributed by atoms with Gasteiger partial charge in [-0.1, -0.05) is 28.9 Å². The molecule has 0 aliphatic carbocycles. The lowest BCUT2D eigenvalue weighted by molar-refractivity contribution is -0.152. The van der Waals surface area contributed by atoms with Crippen LogP contribution in [0.1, 0.15) is 60.3 Å². The topological polar surface area (TPSA) is 43.4 Å². The van der Waals surface area contributed by atoms with Crippen molar-refractivity contribution in [3.05, 3.63) is 34.9 Å². The van der Waals surface area contributed by atoms with Gasteiger partial charge in [-0.15, -0.1) is 0 Å². The van der Waals surface area contributed by atoms with Crippen molar-refractivity contribution in [1.82, 2.24) is 0 Å². The maximum Gasteiger partial charge on any atom is 0.374 e. The zero-order valence-electron chi connectivity index (χ0n) is 14.0. The van der Waals surface area contributed by atoms with Crippen LogP contribution in [0, 0.1) is 0 Å². The molecule has 0 rings (SSSR count). The molecule has 0 saturated carbocycles. The maximum atomic E-state index is 11.0. The Morgan fingerprint density at radius 3 is 1.86 bits per heavy atom. The predicted molar refractivity (Wildman–Crippen MR) is 87.1 cm³/mol. The van der Waals surface area contributed by atoms with Gasteiger partial charge >= 0.3 is 5.97 Å². The molecule has 0 spiro atoms. The van der Waals surface area contributed by atoms with Crippen LogP contribution in [-0.2, 0) is 14.3 Å². The van der Waals surface area contributed by atoms with E-state index in [0.29, 0.717) is 0 Å². The summed E-state index contributed by atoms with van der Waals surface area (Å²) in [5, 5.41) is 0. The molecule has 0 saturated heterocycles. The summed E-state index contributed by atoms with van der Waals surface area (Å²) >= 11 is 0. The van der Waals surface area contributed by atoms with Crippen molar-refractivity contribution in [2.75, 3.05) is 6.61 Å². The lowest BCUT2D eigenvalue weighted by atomic mass is 10.1. The van der Waals surface area contributed by atoms with Gasteiger partial charge in [-0.05, 0) is 59.5 Å². The molecule has 0 unspecified atom stereocenters. The van der Waals surface area contributed by atoms with Crippen LogP contribution in [0.15, 0.2) is 34.9 Å². The summed E-state index contributed by atoms with van der Waals surface area (Å²) < 4.78 is 4.79. The molecule has 0 aromatic rings. The summed E-state index contributed by atoms with van der Waals surface area (Å²) in [6.45, 7) is 9.79. The Labute approximate surface area is 128 Å². The average Bonchev–Trinajstić information content (AvgIpc) is 2.37. The monoisotopic (exact) mass is 292 g/mol. The second-order valence-electron chi connectivity index (χ2n) is 5.61. The molecule has 3 nitrogen and oxygen atoms in total. The third-order valence-corrected chi connectivity index (χ3v) is 3.06. The Hall–Kier alpha value is -1.64. The third kappa shape index (κ3) is 11.9. The SMILES string of the molecule is CC(=O)C(=O)OCC=C(C)CCC=C(C)CCC=C(C)C. The number of rotatable bonds is 9. The van der Waals surface area contributed by atoms with Crippen molar-refractivity contribution >= 4 is 11.8 Å². The average molecular weight is 292 g/mol. The van der Waals surface area contributed by atoms with Gasteiger partial charge in [0.25, 0.3) is 0 Å². The lowest BCUT2D eigenvalue weighted by Gasteiger charge is -2.02. The van der Waals surface area contributed by atoms with Crippen molar-refractivity contribution in [2.45, 2.75) is 60.3 Å². The van der Waals surface area contributed by atoms with E-state index in [1.165, 1.54) is 23.6 Å². The molecule has 21 heavy (non-hydrogen) atoms. The van der Waals surface area contributed by atoms with E-state index in [9.17, 15) is 9.59 Å². The highest BCUT2D eigenvalue weighted by Gasteiger charge is 2.06. The Kier molecular flexibility index (Phi) is 10.2. The Morgan fingerprint density at radius 2 is 1.33 bits per heavy atom. The van der Waals surface area contributed by atoms with Crippen LogP contribution in [0.25, 0.3) is 0 Å². The van der Waals surface area contributed by atoms with E-state index < -0.39 is 11.8 Å². The first-order chi connectivity index (χ1) is 9.82. The van der Waals surface area contributed by atoms with Gasteiger partial charge in [0.2, 0.25) is 5.78 Å². The molecule has 118 valence electrons. The second-order valence-corrected chi connectivity index (χ2v) is 5.61. The maximum absolute atomic E-state index is 11.0. The molecule has 0 radical (unpaired) electrons. The molecule has 0 bridgehead atoms. The van der Waals surface area contributed by atoms with Crippen molar-refractivity contribution in [3.63, 3.8) is 0 Å². The molecule has 0 aliphatic rings. The first-order valence-corrected chi connectivity index (χ1v) is 7.45. The van der Waals surface area contributed by atoms with Gasteiger partial charge in [0.05, 0.1) is 0 Å². The molecule has 0 aliphatic heterocycles. The van der Waals surface area contributed by atoms with Crippen LogP contribution in [0.2, 0.25) is 0 Å². The quantitative estimate of drug-likeness (QED) is 0.356. The summed E-state index contributed by atoms with van der Waals surface area (Å²) in [5.74, 6) is -1.33. The highest BCUT2D eigenvalue weighted by atomic mass is 16.5. The van der Waals surface area contributed by atoms with Gasteiger partial charge < -0.3 is 4.74 Å². The number of carbonyl (C=O) groups excluding carboxylic acids is 2. The minimum atomic E-state index is -0.769. The molecule has 0 aromatic heterocycles. The second kappa shape index (κ2) is 11.1. The van der Waals surface area contributed by atoms with Gasteiger partial charge in [0, 0.05) is 6.92 Å². The molecule has 0 amide bonds. The normalized spacial score (nSPS) is 12.0. The minimum Gasteiger partial charge on any atom is -0.456 e. The van der Waals surface area contributed by atoms with E-state index >= 15 is 0 Å².